The van der Waals surface area contributed by atoms with E-state index in [1.807, 2.05) is 30.5 Å². The van der Waals surface area contributed by atoms with Crippen molar-refractivity contribution in [3.8, 4) is 11.3 Å². The summed E-state index contributed by atoms with van der Waals surface area (Å²) >= 11 is 6.56. The first-order valence-corrected chi connectivity index (χ1v) is 20.1. The number of H-pyrrole nitrogens is 1. The third-order valence-corrected chi connectivity index (χ3v) is 12.7. The van der Waals surface area contributed by atoms with E-state index in [0.29, 0.717) is 34.2 Å². The van der Waals surface area contributed by atoms with Crippen LogP contribution >= 0.6 is 11.6 Å². The number of hydrogen-bond acceptors (Lipinski definition) is 10. The van der Waals surface area contributed by atoms with Gasteiger partial charge in [-0.05, 0) is 94.8 Å². The molecule has 7 heterocycles. The van der Waals surface area contributed by atoms with Crippen molar-refractivity contribution in [1.29, 1.82) is 0 Å². The molecule has 13 nitrogen and oxygen atoms in total. The van der Waals surface area contributed by atoms with Gasteiger partial charge in [0, 0.05) is 73.0 Å². The Morgan fingerprint density at radius 2 is 1.65 bits per heavy atom. The molecule has 0 radical (unpaired) electrons. The van der Waals surface area contributed by atoms with E-state index in [0.717, 1.165) is 104 Å². The number of nitrogens with zero attached hydrogens (tertiary/aromatic N) is 6. The Labute approximate surface area is 324 Å². The number of carbonyl (C=O) groups is 4. The number of anilines is 2. The maximum Gasteiger partial charge on any atom is 0.262 e. The number of para-hydroxylation sites is 1. The quantitative estimate of drug-likeness (QED) is 0.201. The number of piperidine rings is 3. The molecule has 55 heavy (non-hydrogen) atoms. The summed E-state index contributed by atoms with van der Waals surface area (Å²) in [6, 6.07) is 13.5. The number of aromatic amines is 1. The fourth-order valence-corrected chi connectivity index (χ4v) is 9.54. The van der Waals surface area contributed by atoms with Gasteiger partial charge in [-0.15, -0.1) is 0 Å². The summed E-state index contributed by atoms with van der Waals surface area (Å²) in [6.45, 7) is 7.22. The van der Waals surface area contributed by atoms with Crippen molar-refractivity contribution < 1.29 is 19.2 Å². The second-order valence-electron chi connectivity index (χ2n) is 15.7. The van der Waals surface area contributed by atoms with Crippen LogP contribution in [0.3, 0.4) is 0 Å². The third-order valence-electron chi connectivity index (χ3n) is 12.5. The van der Waals surface area contributed by atoms with Gasteiger partial charge in [0.15, 0.2) is 0 Å². The fourth-order valence-electron chi connectivity index (χ4n) is 9.35. The average molecular weight is 764 g/mol. The van der Waals surface area contributed by atoms with Gasteiger partial charge >= 0.3 is 0 Å². The lowest BCUT2D eigenvalue weighted by atomic mass is 9.91. The molecular weight excluding hydrogens is 718 g/mol. The maximum atomic E-state index is 13.3. The van der Waals surface area contributed by atoms with E-state index in [2.05, 4.69) is 41.4 Å². The zero-order valence-electron chi connectivity index (χ0n) is 30.8. The normalized spacial score (nSPS) is 23.2. The molecule has 2 aromatic heterocycles. The van der Waals surface area contributed by atoms with E-state index in [4.69, 9.17) is 16.6 Å². The fraction of sp³-hybridized carbons (Fsp3) is 0.463. The summed E-state index contributed by atoms with van der Waals surface area (Å²) in [5, 5.41) is 7.46. The molecule has 9 rings (SSSR count). The number of aromatic nitrogens is 3. The van der Waals surface area contributed by atoms with Crippen molar-refractivity contribution >= 4 is 57.8 Å². The van der Waals surface area contributed by atoms with E-state index in [1.54, 1.807) is 18.3 Å². The number of carbonyl (C=O) groups excluding carboxylic acids is 4. The minimum atomic E-state index is -0.952. The Hall–Kier alpha value is -4.85. The predicted molar refractivity (Wildman–Crippen MR) is 210 cm³/mol. The molecule has 286 valence electrons. The molecule has 4 amide bonds. The molecule has 4 fully saturated rings. The minimum absolute atomic E-state index is 0.108. The number of fused-ring (bicyclic) bond motifs is 2. The van der Waals surface area contributed by atoms with Crippen molar-refractivity contribution in [3.63, 3.8) is 0 Å². The molecule has 0 aliphatic carbocycles. The largest absolute Gasteiger partial charge is 0.371 e. The zero-order valence-corrected chi connectivity index (χ0v) is 31.6. The Bertz CT molecular complexity index is 2140. The lowest BCUT2D eigenvalue weighted by Gasteiger charge is -2.42. The van der Waals surface area contributed by atoms with Crippen molar-refractivity contribution in [2.24, 2.45) is 5.92 Å². The third kappa shape index (κ3) is 7.09. The van der Waals surface area contributed by atoms with Gasteiger partial charge in [0.05, 0.1) is 28.0 Å². The van der Waals surface area contributed by atoms with E-state index in [-0.39, 0.29) is 18.7 Å². The highest BCUT2D eigenvalue weighted by Crippen LogP contribution is 2.35. The topological polar surface area (TPSA) is 147 Å². The van der Waals surface area contributed by atoms with Crippen LogP contribution in [-0.4, -0.2) is 117 Å². The smallest absolute Gasteiger partial charge is 0.262 e. The Morgan fingerprint density at radius 1 is 0.855 bits per heavy atom. The molecule has 3 N–H and O–H groups in total. The molecule has 0 spiro atoms. The summed E-state index contributed by atoms with van der Waals surface area (Å²) in [5.41, 5.74) is 4.35. The van der Waals surface area contributed by atoms with Gasteiger partial charge in [0.2, 0.25) is 17.8 Å². The van der Waals surface area contributed by atoms with Crippen molar-refractivity contribution in [3.05, 3.63) is 71.0 Å². The van der Waals surface area contributed by atoms with Gasteiger partial charge in [0.1, 0.15) is 6.04 Å². The van der Waals surface area contributed by atoms with E-state index in [1.165, 1.54) is 19.3 Å². The summed E-state index contributed by atoms with van der Waals surface area (Å²) in [6.07, 6.45) is 10.8. The Balaban J connectivity index is 0.717. The maximum absolute atomic E-state index is 13.3. The molecule has 5 aliphatic rings. The van der Waals surface area contributed by atoms with Gasteiger partial charge in [-0.2, -0.15) is 0 Å². The van der Waals surface area contributed by atoms with Crippen molar-refractivity contribution in [2.45, 2.75) is 69.5 Å². The second kappa shape index (κ2) is 15.0. The van der Waals surface area contributed by atoms with Gasteiger partial charge < -0.3 is 25.0 Å². The van der Waals surface area contributed by atoms with Crippen LogP contribution in [0.1, 0.15) is 72.1 Å². The van der Waals surface area contributed by atoms with Crippen molar-refractivity contribution in [1.82, 2.24) is 35.0 Å². The molecule has 2 atom stereocenters. The first-order chi connectivity index (χ1) is 26.8. The predicted octanol–water partition coefficient (Wildman–Crippen LogP) is 4.94. The highest BCUT2D eigenvalue weighted by molar-refractivity contribution is 6.33. The molecule has 0 saturated carbocycles. The summed E-state index contributed by atoms with van der Waals surface area (Å²) in [5.74, 6) is -0.532. The monoisotopic (exact) mass is 763 g/mol. The van der Waals surface area contributed by atoms with E-state index >= 15 is 0 Å². The highest BCUT2D eigenvalue weighted by atomic mass is 35.5. The number of amides is 4. The SMILES string of the molecule is O=C1CCC(N2C(=O)c3ccc(N4CCC(N5CCC(CCN6CC[C@@H](Nc7ncc(Cl)c(-c8c[nH]c9ccccc89)n7)C6)CC5)CC4)cc3C2=O)C(=O)N1. The second-order valence-corrected chi connectivity index (χ2v) is 16.1. The standard InChI is InChI=1S/C41H46ClN9O4/c42-33-23-44-41(47-37(33)32-22-43-34-4-2-1-3-29(32)34)45-26-12-16-48(24-26)15-9-25-10-17-49(18-11-25)27-13-19-50(20-14-27)28-5-6-30-31(21-28)40(55)51(39(30)54)35-7-8-36(52)46-38(35)53/h1-6,21-23,25-27,35,43H,7-20,24H2,(H,44,45,47)(H,46,52,53)/t26-,35?/m1/s1. The summed E-state index contributed by atoms with van der Waals surface area (Å²) in [4.78, 5) is 71.8. The number of likely N-dealkylation sites (tertiary alicyclic amines) is 2. The van der Waals surface area contributed by atoms with Crippen molar-refractivity contribution in [2.75, 3.05) is 56.0 Å². The number of imide groups is 2. The van der Waals surface area contributed by atoms with Gasteiger partial charge in [-0.25, -0.2) is 9.97 Å². The van der Waals surface area contributed by atoms with Gasteiger partial charge in [0.25, 0.3) is 11.8 Å². The van der Waals surface area contributed by atoms with Crippen LogP contribution in [-0.2, 0) is 9.59 Å². The first-order valence-electron chi connectivity index (χ1n) is 19.7. The lowest BCUT2D eigenvalue weighted by Crippen LogP contribution is -2.54. The van der Waals surface area contributed by atoms with E-state index < -0.39 is 23.8 Å². The Kier molecular flexibility index (Phi) is 9.77. The summed E-state index contributed by atoms with van der Waals surface area (Å²) in [7, 11) is 0. The van der Waals surface area contributed by atoms with Crippen LogP contribution in [0.4, 0.5) is 11.6 Å². The molecule has 14 heteroatoms. The first kappa shape index (κ1) is 35.8. The number of nitrogens with one attached hydrogen (secondary N) is 3. The molecule has 0 bridgehead atoms. The molecule has 1 unspecified atom stereocenters. The number of hydrogen-bond donors (Lipinski definition) is 3. The molecular formula is C41H46ClN9O4. The zero-order chi connectivity index (χ0) is 37.6. The van der Waals surface area contributed by atoms with Crippen LogP contribution in [0.5, 0.6) is 0 Å². The molecule has 2 aromatic carbocycles. The highest BCUT2D eigenvalue weighted by Gasteiger charge is 2.45. The number of halogens is 1. The van der Waals surface area contributed by atoms with Gasteiger partial charge in [-0.3, -0.25) is 29.4 Å². The lowest BCUT2D eigenvalue weighted by molar-refractivity contribution is -0.136. The van der Waals surface area contributed by atoms with E-state index in [9.17, 15) is 19.2 Å². The van der Waals surface area contributed by atoms with Crippen LogP contribution in [0.15, 0.2) is 54.9 Å². The molecule has 4 saturated heterocycles. The Morgan fingerprint density at radius 3 is 2.47 bits per heavy atom. The molecule has 5 aliphatic heterocycles. The number of rotatable bonds is 9. The molecule has 4 aromatic rings. The van der Waals surface area contributed by atoms with Gasteiger partial charge in [-0.1, -0.05) is 29.8 Å². The van der Waals surface area contributed by atoms with Crippen LogP contribution in [0, 0.1) is 5.92 Å². The average Bonchev–Trinajstić information content (AvgIpc) is 3.91. The minimum Gasteiger partial charge on any atom is -0.371 e. The number of benzene rings is 2. The van der Waals surface area contributed by atoms with Crippen LogP contribution in [0.25, 0.3) is 22.2 Å². The van der Waals surface area contributed by atoms with Crippen LogP contribution in [0.2, 0.25) is 5.02 Å². The van der Waals surface area contributed by atoms with Crippen LogP contribution < -0.4 is 15.5 Å². The summed E-state index contributed by atoms with van der Waals surface area (Å²) < 4.78 is 0.